The maximum Gasteiger partial charge on any atom is 0.228 e. The summed E-state index contributed by atoms with van der Waals surface area (Å²) in [4.78, 5) is 14.4. The van der Waals surface area contributed by atoms with Gasteiger partial charge in [0.1, 0.15) is 0 Å². The fourth-order valence-electron chi connectivity index (χ4n) is 2.76. The Hall–Kier alpha value is -0.650. The van der Waals surface area contributed by atoms with E-state index in [0.29, 0.717) is 26.3 Å². The van der Waals surface area contributed by atoms with Gasteiger partial charge in [0.25, 0.3) is 0 Å². The van der Waals surface area contributed by atoms with E-state index < -0.39 is 0 Å². The quantitative estimate of drug-likeness (QED) is 0.792. The highest BCUT2D eigenvalue weighted by atomic mass is 16.5. The van der Waals surface area contributed by atoms with Crippen LogP contribution in [-0.2, 0) is 14.3 Å². The van der Waals surface area contributed by atoms with Crippen LogP contribution in [0.25, 0.3) is 0 Å². The van der Waals surface area contributed by atoms with Gasteiger partial charge in [-0.15, -0.1) is 0 Å². The Kier molecular flexibility index (Phi) is 4.59. The smallest absolute Gasteiger partial charge is 0.228 e. The van der Waals surface area contributed by atoms with Gasteiger partial charge in [-0.3, -0.25) is 4.79 Å². The van der Waals surface area contributed by atoms with E-state index in [2.05, 4.69) is 6.92 Å². The number of ether oxygens (including phenoxy) is 2. The molecule has 2 rings (SSSR count). The van der Waals surface area contributed by atoms with E-state index in [1.165, 1.54) is 0 Å². The molecule has 5 heteroatoms. The molecule has 4 atom stereocenters. The molecule has 0 radical (unpaired) electrons. The third-order valence-corrected chi connectivity index (χ3v) is 3.92. The van der Waals surface area contributed by atoms with Gasteiger partial charge in [-0.2, -0.15) is 0 Å². The summed E-state index contributed by atoms with van der Waals surface area (Å²) in [5, 5.41) is 0. The molecule has 5 nitrogen and oxygen atoms in total. The van der Waals surface area contributed by atoms with Crippen molar-refractivity contribution in [2.24, 2.45) is 11.7 Å². The lowest BCUT2D eigenvalue weighted by Crippen LogP contribution is -2.53. The molecule has 2 heterocycles. The normalized spacial score (nSPS) is 34.6. The number of hydrogen-bond donors (Lipinski definition) is 1. The molecule has 0 spiro atoms. The summed E-state index contributed by atoms with van der Waals surface area (Å²) >= 11 is 0. The molecule has 0 aromatic rings. The minimum Gasteiger partial charge on any atom is -0.377 e. The Morgan fingerprint density at radius 1 is 1.44 bits per heavy atom. The van der Waals surface area contributed by atoms with Gasteiger partial charge >= 0.3 is 0 Å². The first-order chi connectivity index (χ1) is 8.63. The zero-order valence-corrected chi connectivity index (χ0v) is 11.3. The van der Waals surface area contributed by atoms with E-state index in [1.54, 1.807) is 0 Å². The molecular weight excluding hydrogens is 232 g/mol. The van der Waals surface area contributed by atoms with Crippen molar-refractivity contribution in [3.05, 3.63) is 0 Å². The SMILES string of the molecule is CCC1OCCC1C(=O)N1CCOC(C(C)N)C1. The third-order valence-electron chi connectivity index (χ3n) is 3.92. The first kappa shape index (κ1) is 13.8. The minimum absolute atomic E-state index is 0.0295. The first-order valence-electron chi connectivity index (χ1n) is 6.91. The van der Waals surface area contributed by atoms with Crippen molar-refractivity contribution in [3.8, 4) is 0 Å². The van der Waals surface area contributed by atoms with Crippen LogP contribution in [0.15, 0.2) is 0 Å². The zero-order valence-electron chi connectivity index (χ0n) is 11.3. The van der Waals surface area contributed by atoms with Crippen molar-refractivity contribution in [1.29, 1.82) is 0 Å². The Labute approximate surface area is 109 Å². The fraction of sp³-hybridized carbons (Fsp3) is 0.923. The van der Waals surface area contributed by atoms with Crippen molar-refractivity contribution >= 4 is 5.91 Å². The lowest BCUT2D eigenvalue weighted by atomic mass is 9.97. The topological polar surface area (TPSA) is 64.8 Å². The molecule has 2 aliphatic heterocycles. The van der Waals surface area contributed by atoms with Gasteiger partial charge in [0.15, 0.2) is 0 Å². The van der Waals surface area contributed by atoms with E-state index >= 15 is 0 Å². The molecule has 0 aromatic carbocycles. The number of nitrogens with two attached hydrogens (primary N) is 1. The number of rotatable bonds is 3. The number of nitrogens with zero attached hydrogens (tertiary/aromatic N) is 1. The average molecular weight is 256 g/mol. The summed E-state index contributed by atoms with van der Waals surface area (Å²) in [6, 6.07) is -0.0394. The van der Waals surface area contributed by atoms with Crippen LogP contribution in [0, 0.1) is 5.92 Å². The second kappa shape index (κ2) is 5.99. The number of carbonyl (C=O) groups is 1. The molecule has 18 heavy (non-hydrogen) atoms. The van der Waals surface area contributed by atoms with Crippen LogP contribution < -0.4 is 5.73 Å². The summed E-state index contributed by atoms with van der Waals surface area (Å²) in [5.74, 6) is 0.245. The molecule has 0 aromatic heterocycles. The molecule has 4 unspecified atom stereocenters. The molecule has 2 fully saturated rings. The highest BCUT2D eigenvalue weighted by Gasteiger charge is 2.37. The number of hydrogen-bond acceptors (Lipinski definition) is 4. The predicted molar refractivity (Wildman–Crippen MR) is 68.1 cm³/mol. The van der Waals surface area contributed by atoms with Crippen LogP contribution in [0.3, 0.4) is 0 Å². The second-order valence-corrected chi connectivity index (χ2v) is 5.27. The Morgan fingerprint density at radius 3 is 2.89 bits per heavy atom. The van der Waals surface area contributed by atoms with Gasteiger partial charge in [-0.05, 0) is 19.8 Å². The van der Waals surface area contributed by atoms with Crippen LogP contribution in [0.5, 0.6) is 0 Å². The van der Waals surface area contributed by atoms with Crippen molar-refractivity contribution < 1.29 is 14.3 Å². The average Bonchev–Trinajstić information content (AvgIpc) is 2.86. The predicted octanol–water partition coefficient (Wildman–Crippen LogP) is 0.376. The van der Waals surface area contributed by atoms with Crippen molar-refractivity contribution in [3.63, 3.8) is 0 Å². The van der Waals surface area contributed by atoms with E-state index in [4.69, 9.17) is 15.2 Å². The van der Waals surface area contributed by atoms with E-state index in [0.717, 1.165) is 12.8 Å². The number of morpholine rings is 1. The van der Waals surface area contributed by atoms with Gasteiger partial charge in [0.05, 0.1) is 24.7 Å². The van der Waals surface area contributed by atoms with Gasteiger partial charge in [-0.1, -0.05) is 6.92 Å². The first-order valence-corrected chi connectivity index (χ1v) is 6.91. The molecule has 2 N–H and O–H groups in total. The molecule has 0 aliphatic carbocycles. The summed E-state index contributed by atoms with van der Waals surface area (Å²) in [5.41, 5.74) is 5.85. The monoisotopic (exact) mass is 256 g/mol. The third kappa shape index (κ3) is 2.84. The summed E-state index contributed by atoms with van der Waals surface area (Å²) in [6.45, 7) is 6.57. The van der Waals surface area contributed by atoms with Crippen molar-refractivity contribution in [2.75, 3.05) is 26.3 Å². The van der Waals surface area contributed by atoms with Crippen LogP contribution >= 0.6 is 0 Å². The fourth-order valence-corrected chi connectivity index (χ4v) is 2.76. The van der Waals surface area contributed by atoms with E-state index in [9.17, 15) is 4.79 Å². The number of carbonyl (C=O) groups excluding carboxylic acids is 1. The highest BCUT2D eigenvalue weighted by Crippen LogP contribution is 2.26. The van der Waals surface area contributed by atoms with E-state index in [1.807, 2.05) is 11.8 Å². The van der Waals surface area contributed by atoms with Gasteiger partial charge in [-0.25, -0.2) is 0 Å². The largest absolute Gasteiger partial charge is 0.377 e. The van der Waals surface area contributed by atoms with Crippen LogP contribution in [0.2, 0.25) is 0 Å². The van der Waals surface area contributed by atoms with Gasteiger partial charge in [0, 0.05) is 25.7 Å². The van der Waals surface area contributed by atoms with Crippen molar-refractivity contribution in [2.45, 2.75) is 44.9 Å². The molecule has 0 saturated carbocycles. The molecule has 1 amide bonds. The molecule has 2 saturated heterocycles. The Morgan fingerprint density at radius 2 is 2.22 bits per heavy atom. The highest BCUT2D eigenvalue weighted by molar-refractivity contribution is 5.79. The van der Waals surface area contributed by atoms with Crippen LogP contribution in [0.4, 0.5) is 0 Å². The Bertz CT molecular complexity index is 296. The van der Waals surface area contributed by atoms with Crippen molar-refractivity contribution in [1.82, 2.24) is 4.90 Å². The van der Waals surface area contributed by atoms with E-state index in [-0.39, 0.29) is 30.1 Å². The molecule has 2 aliphatic rings. The molecule has 104 valence electrons. The Balaban J connectivity index is 1.96. The maximum atomic E-state index is 12.5. The molecular formula is C13H24N2O3. The van der Waals surface area contributed by atoms with Crippen LogP contribution in [-0.4, -0.2) is 55.4 Å². The maximum absolute atomic E-state index is 12.5. The lowest BCUT2D eigenvalue weighted by Gasteiger charge is -2.36. The summed E-state index contributed by atoms with van der Waals surface area (Å²) in [7, 11) is 0. The lowest BCUT2D eigenvalue weighted by molar-refractivity contribution is -0.145. The molecule has 0 bridgehead atoms. The minimum atomic E-state index is -0.0394. The second-order valence-electron chi connectivity index (χ2n) is 5.27. The summed E-state index contributed by atoms with van der Waals surface area (Å²) < 4.78 is 11.2. The van der Waals surface area contributed by atoms with Gasteiger partial charge < -0.3 is 20.1 Å². The zero-order chi connectivity index (χ0) is 13.1. The van der Waals surface area contributed by atoms with Gasteiger partial charge in [0.2, 0.25) is 5.91 Å². The standard InChI is InChI=1S/C13H24N2O3/c1-3-11-10(4-6-17-11)13(16)15-5-7-18-12(8-15)9(2)14/h9-12H,3-8,14H2,1-2H3. The summed E-state index contributed by atoms with van der Waals surface area (Å²) in [6.07, 6.45) is 1.80. The number of amides is 1. The van der Waals surface area contributed by atoms with Crippen LogP contribution in [0.1, 0.15) is 26.7 Å².